The van der Waals surface area contributed by atoms with Crippen molar-refractivity contribution in [3.8, 4) is 0 Å². The summed E-state index contributed by atoms with van der Waals surface area (Å²) in [5, 5.41) is 0. The van der Waals surface area contributed by atoms with Gasteiger partial charge in [0.2, 0.25) is 0 Å². The van der Waals surface area contributed by atoms with Gasteiger partial charge in [-0.3, -0.25) is 0 Å². The fraction of sp³-hybridized carbons (Fsp3) is 1.00. The van der Waals surface area contributed by atoms with Crippen LogP contribution >= 0.6 is 23.2 Å². The molecule has 0 heterocycles. The van der Waals surface area contributed by atoms with Gasteiger partial charge >= 0.3 is 0 Å². The van der Waals surface area contributed by atoms with E-state index in [-0.39, 0.29) is 6.10 Å². The summed E-state index contributed by atoms with van der Waals surface area (Å²) >= 11 is 10.7. The molecule has 0 unspecified atom stereocenters. The van der Waals surface area contributed by atoms with E-state index in [1.165, 1.54) is 0 Å². The molecule has 0 aromatic carbocycles. The summed E-state index contributed by atoms with van der Waals surface area (Å²) < 4.78 is 4.78. The van der Waals surface area contributed by atoms with Crippen LogP contribution in [-0.2, 0) is 4.65 Å². The van der Waals surface area contributed by atoms with Crippen LogP contribution in [0.15, 0.2) is 0 Å². The molecule has 0 spiro atoms. The predicted molar refractivity (Wildman–Crippen MR) is 34.9 cm³/mol. The number of halogens is 2. The van der Waals surface area contributed by atoms with E-state index in [9.17, 15) is 0 Å². The van der Waals surface area contributed by atoms with E-state index in [2.05, 4.69) is 0 Å². The van der Waals surface area contributed by atoms with Crippen molar-refractivity contribution in [1.82, 2.24) is 0 Å². The third-order valence-electron chi connectivity index (χ3n) is 0.678. The van der Waals surface area contributed by atoms with E-state index >= 15 is 0 Å². The van der Waals surface area contributed by atoms with Gasteiger partial charge in [-0.1, -0.05) is 0 Å². The van der Waals surface area contributed by atoms with Gasteiger partial charge in [0.15, 0.2) is 0 Å². The molecule has 0 saturated heterocycles. The third-order valence-corrected chi connectivity index (χ3v) is 1.37. The zero-order valence-electron chi connectivity index (χ0n) is 4.16. The Bertz CT molecular complexity index is 34.4. The average molecular weight is 141 g/mol. The van der Waals surface area contributed by atoms with Crippen molar-refractivity contribution >= 4 is 31.3 Å². The van der Waals surface area contributed by atoms with Gasteiger partial charge in [-0.25, -0.2) is 0 Å². The minimum Gasteiger partial charge on any atom is -0.439 e. The molecule has 0 amide bonds. The summed E-state index contributed by atoms with van der Waals surface area (Å²) in [6, 6.07) is 0. The Morgan fingerprint density at radius 3 is 1.86 bits per heavy atom. The molecule has 4 heteroatoms. The summed E-state index contributed by atoms with van der Waals surface area (Å²) in [5.41, 5.74) is 0. The van der Waals surface area contributed by atoms with E-state index in [1.807, 2.05) is 0 Å². The number of alkyl halides is 2. The molecular weight excluding hydrogens is 134 g/mol. The van der Waals surface area contributed by atoms with Crippen molar-refractivity contribution in [3.63, 3.8) is 0 Å². The molecule has 0 radical (unpaired) electrons. The largest absolute Gasteiger partial charge is 0.439 e. The summed E-state index contributed by atoms with van der Waals surface area (Å²) in [5.74, 6) is 0.944. The number of hydrogen-bond acceptors (Lipinski definition) is 1. The van der Waals surface area contributed by atoms with Gasteiger partial charge in [0.05, 0.1) is 6.10 Å². The first-order chi connectivity index (χ1) is 3.35. The topological polar surface area (TPSA) is 9.23 Å². The highest BCUT2D eigenvalue weighted by atomic mass is 35.5. The molecule has 1 nitrogen and oxygen atoms in total. The molecule has 0 atom stereocenters. The Hall–Kier alpha value is 0.605. The summed E-state index contributed by atoms with van der Waals surface area (Å²) in [4.78, 5) is 0. The summed E-state index contributed by atoms with van der Waals surface area (Å²) in [6.07, 6.45) is 0.0170. The molecule has 0 fully saturated rings. The lowest BCUT2D eigenvalue weighted by Gasteiger charge is -2.05. The highest BCUT2D eigenvalue weighted by molar-refractivity contribution is 6.21. The maximum atomic E-state index is 5.36. The second-order valence-corrected chi connectivity index (χ2v) is 1.78. The first-order valence-corrected chi connectivity index (χ1v) is 3.06. The first-order valence-electron chi connectivity index (χ1n) is 1.99. The Kier molecular flexibility index (Phi) is 5.17. The van der Waals surface area contributed by atoms with Gasteiger partial charge in [0.25, 0.3) is 8.05 Å². The van der Waals surface area contributed by atoms with Crippen molar-refractivity contribution in [1.29, 1.82) is 0 Å². The van der Waals surface area contributed by atoms with E-state index in [4.69, 9.17) is 27.9 Å². The van der Waals surface area contributed by atoms with Crippen molar-refractivity contribution in [2.24, 2.45) is 0 Å². The normalized spacial score (nSPS) is 10.1. The molecule has 0 aliphatic heterocycles. The Labute approximate surface area is 54.4 Å². The van der Waals surface area contributed by atoms with E-state index in [1.54, 1.807) is 8.05 Å². The highest BCUT2D eigenvalue weighted by Gasteiger charge is 1.98. The SMILES string of the molecule is BOC(CCl)CCl. The second kappa shape index (κ2) is 4.76. The standard InChI is InChI=1S/C3H7BCl2O/c4-7-3(1-5)2-6/h3H,1-2,4H2. The number of hydrogen-bond donors (Lipinski definition) is 0. The lowest BCUT2D eigenvalue weighted by Crippen LogP contribution is -2.14. The monoisotopic (exact) mass is 140 g/mol. The Morgan fingerprint density at radius 1 is 1.43 bits per heavy atom. The fourth-order valence-electron chi connectivity index (χ4n) is 0.167. The lowest BCUT2D eigenvalue weighted by molar-refractivity contribution is 0.274. The van der Waals surface area contributed by atoms with Crippen LogP contribution in [0.5, 0.6) is 0 Å². The van der Waals surface area contributed by atoms with Gasteiger partial charge in [-0.05, 0) is 0 Å². The lowest BCUT2D eigenvalue weighted by atomic mass is 10.4. The molecule has 0 aromatic heterocycles. The predicted octanol–water partition coefficient (Wildman–Crippen LogP) is 0.397. The molecular formula is C3H7BCl2O. The van der Waals surface area contributed by atoms with Crippen molar-refractivity contribution in [3.05, 3.63) is 0 Å². The molecule has 42 valence electrons. The van der Waals surface area contributed by atoms with Crippen LogP contribution in [0.1, 0.15) is 0 Å². The average Bonchev–Trinajstić information content (AvgIpc) is 1.72. The molecule has 0 aliphatic carbocycles. The minimum absolute atomic E-state index is 0.0170. The second-order valence-electron chi connectivity index (χ2n) is 1.17. The maximum absolute atomic E-state index is 5.36. The highest BCUT2D eigenvalue weighted by Crippen LogP contribution is 1.94. The smallest absolute Gasteiger partial charge is 0.257 e. The van der Waals surface area contributed by atoms with Crippen molar-refractivity contribution < 1.29 is 4.65 Å². The zero-order chi connectivity index (χ0) is 5.70. The van der Waals surface area contributed by atoms with E-state index in [0.717, 1.165) is 0 Å². The quantitative estimate of drug-likeness (QED) is 0.408. The van der Waals surface area contributed by atoms with Gasteiger partial charge in [-0.15, -0.1) is 23.2 Å². The summed E-state index contributed by atoms with van der Waals surface area (Å²) in [7, 11) is 1.59. The first kappa shape index (κ1) is 7.60. The molecule has 0 bridgehead atoms. The minimum atomic E-state index is 0.0170. The van der Waals surface area contributed by atoms with Gasteiger partial charge in [0, 0.05) is 11.8 Å². The molecule has 0 rings (SSSR count). The zero-order valence-corrected chi connectivity index (χ0v) is 5.67. The molecule has 0 saturated carbocycles. The fourth-order valence-corrected chi connectivity index (χ4v) is 0.749. The molecule has 0 aromatic rings. The van der Waals surface area contributed by atoms with Gasteiger partial charge in [-0.2, -0.15) is 0 Å². The maximum Gasteiger partial charge on any atom is 0.257 e. The van der Waals surface area contributed by atoms with Crippen LogP contribution in [0.4, 0.5) is 0 Å². The Morgan fingerprint density at radius 2 is 1.86 bits per heavy atom. The van der Waals surface area contributed by atoms with E-state index in [0.29, 0.717) is 11.8 Å². The van der Waals surface area contributed by atoms with Crippen LogP contribution in [0.25, 0.3) is 0 Å². The molecule has 0 N–H and O–H groups in total. The van der Waals surface area contributed by atoms with E-state index < -0.39 is 0 Å². The Balaban J connectivity index is 2.99. The number of rotatable bonds is 3. The van der Waals surface area contributed by atoms with Crippen molar-refractivity contribution in [2.45, 2.75) is 6.10 Å². The van der Waals surface area contributed by atoms with Crippen LogP contribution < -0.4 is 0 Å². The van der Waals surface area contributed by atoms with Crippen LogP contribution in [0.2, 0.25) is 0 Å². The van der Waals surface area contributed by atoms with Crippen LogP contribution in [0.3, 0.4) is 0 Å². The van der Waals surface area contributed by atoms with Gasteiger partial charge < -0.3 is 4.65 Å². The van der Waals surface area contributed by atoms with Crippen LogP contribution in [0, 0.1) is 0 Å². The van der Waals surface area contributed by atoms with Gasteiger partial charge in [0.1, 0.15) is 0 Å². The van der Waals surface area contributed by atoms with Crippen molar-refractivity contribution in [2.75, 3.05) is 11.8 Å². The summed E-state index contributed by atoms with van der Waals surface area (Å²) in [6.45, 7) is 0. The third kappa shape index (κ3) is 3.21. The van der Waals surface area contributed by atoms with Crippen LogP contribution in [-0.4, -0.2) is 25.9 Å². The molecule has 0 aliphatic rings. The molecule has 7 heavy (non-hydrogen) atoms.